The predicted octanol–water partition coefficient (Wildman–Crippen LogP) is -0.250. The number of carbonyl (C=O) groups is 2. The zero-order valence-corrected chi connectivity index (χ0v) is 16.6. The fraction of sp³-hybridized carbons (Fsp3) is 0.529. The Balaban J connectivity index is 2.06. The molecule has 156 valence electrons. The molecule has 1 aromatic carbocycles. The number of nitrogens with zero attached hydrogens (tertiary/aromatic N) is 1. The largest absolute Gasteiger partial charge is 0.383 e. The third-order valence-corrected chi connectivity index (χ3v) is 6.01. The molecule has 0 aliphatic carbocycles. The monoisotopic (exact) mass is 417 g/mol. The first-order valence-electron chi connectivity index (χ1n) is 8.72. The van der Waals surface area contributed by atoms with E-state index >= 15 is 0 Å². The predicted molar refractivity (Wildman–Crippen MR) is 97.3 cm³/mol. The number of rotatable bonds is 7. The zero-order valence-electron chi connectivity index (χ0n) is 15.7. The molecule has 0 aromatic heterocycles. The summed E-state index contributed by atoms with van der Waals surface area (Å²) >= 11 is 0. The molecule has 1 saturated heterocycles. The van der Waals surface area contributed by atoms with E-state index in [2.05, 4.69) is 10.6 Å². The van der Waals surface area contributed by atoms with Crippen molar-refractivity contribution in [3.05, 3.63) is 29.6 Å². The van der Waals surface area contributed by atoms with E-state index < -0.39 is 33.9 Å². The van der Waals surface area contributed by atoms with E-state index in [9.17, 15) is 22.4 Å². The Hall–Kier alpha value is -2.08. The first-order chi connectivity index (χ1) is 13.3. The summed E-state index contributed by atoms with van der Waals surface area (Å²) in [5, 5.41) is 4.74. The van der Waals surface area contributed by atoms with Crippen molar-refractivity contribution in [3.63, 3.8) is 0 Å². The van der Waals surface area contributed by atoms with Crippen LogP contribution < -0.4 is 10.6 Å². The van der Waals surface area contributed by atoms with Gasteiger partial charge in [0.2, 0.25) is 10.0 Å². The van der Waals surface area contributed by atoms with Crippen LogP contribution in [0.4, 0.5) is 4.39 Å². The lowest BCUT2D eigenvalue weighted by molar-refractivity contribution is -0.140. The number of benzene rings is 1. The van der Waals surface area contributed by atoms with E-state index in [1.807, 2.05) is 0 Å². The zero-order chi connectivity index (χ0) is 20.7. The van der Waals surface area contributed by atoms with Crippen LogP contribution in [0.3, 0.4) is 0 Å². The highest BCUT2D eigenvalue weighted by Gasteiger charge is 2.35. The lowest BCUT2D eigenvalue weighted by Crippen LogP contribution is -2.53. The van der Waals surface area contributed by atoms with E-state index in [1.165, 1.54) is 26.2 Å². The summed E-state index contributed by atoms with van der Waals surface area (Å²) in [7, 11) is -2.50. The minimum absolute atomic E-state index is 0.0643. The van der Waals surface area contributed by atoms with Crippen LogP contribution in [-0.2, 0) is 29.1 Å². The average molecular weight is 417 g/mol. The molecule has 2 amide bonds. The van der Waals surface area contributed by atoms with Gasteiger partial charge in [-0.1, -0.05) is 0 Å². The van der Waals surface area contributed by atoms with Gasteiger partial charge in [-0.05, 0) is 37.1 Å². The van der Waals surface area contributed by atoms with Crippen LogP contribution in [0.15, 0.2) is 23.1 Å². The average Bonchev–Trinajstić information content (AvgIpc) is 2.68. The molecule has 2 N–H and O–H groups in total. The summed E-state index contributed by atoms with van der Waals surface area (Å²) in [6.45, 7) is 2.20. The second-order valence-corrected chi connectivity index (χ2v) is 8.06. The van der Waals surface area contributed by atoms with Gasteiger partial charge < -0.3 is 20.1 Å². The molecule has 1 heterocycles. The van der Waals surface area contributed by atoms with Crippen molar-refractivity contribution in [2.24, 2.45) is 0 Å². The normalized spacial score (nSPS) is 17.9. The van der Waals surface area contributed by atoms with Crippen LogP contribution in [0.2, 0.25) is 0 Å². The molecule has 28 heavy (non-hydrogen) atoms. The Morgan fingerprint density at radius 1 is 1.32 bits per heavy atom. The molecule has 0 unspecified atom stereocenters. The second kappa shape index (κ2) is 9.92. The molecule has 11 heteroatoms. The molecule has 0 radical (unpaired) electrons. The smallest absolute Gasteiger partial charge is 0.309 e. The molecule has 0 saturated carbocycles. The van der Waals surface area contributed by atoms with Gasteiger partial charge in [0.05, 0.1) is 24.7 Å². The minimum atomic E-state index is -3.96. The number of carbonyl (C=O) groups excluding carboxylic acids is 2. The molecule has 2 rings (SSSR count). The molecule has 1 aliphatic rings. The standard InChI is InChI=1S/C17H24FN3O6S/c1-12-10-13(4-5-14(12)18)28(24,25)21-7-3-8-27-15(21)11-20-17(23)16(22)19-6-9-26-2/h4-5,10,15H,3,6-9,11H2,1-2H3,(H,19,22)(H,20,23)/t15-/m1/s1. The van der Waals surface area contributed by atoms with Crippen molar-refractivity contribution >= 4 is 21.8 Å². The van der Waals surface area contributed by atoms with Crippen molar-refractivity contribution in [1.29, 1.82) is 0 Å². The molecule has 1 fully saturated rings. The van der Waals surface area contributed by atoms with Crippen LogP contribution in [0, 0.1) is 12.7 Å². The topological polar surface area (TPSA) is 114 Å². The fourth-order valence-corrected chi connectivity index (χ4v) is 4.27. The third kappa shape index (κ3) is 5.47. The van der Waals surface area contributed by atoms with Crippen LogP contribution in [0.1, 0.15) is 12.0 Å². The maximum absolute atomic E-state index is 13.5. The quantitative estimate of drug-likeness (QED) is 0.467. The fourth-order valence-electron chi connectivity index (χ4n) is 2.62. The molecule has 9 nitrogen and oxygen atoms in total. The van der Waals surface area contributed by atoms with Gasteiger partial charge in [-0.2, -0.15) is 4.31 Å². The number of aryl methyl sites for hydroxylation is 1. The molecular formula is C17H24FN3O6S. The number of halogens is 1. The molecular weight excluding hydrogens is 393 g/mol. The van der Waals surface area contributed by atoms with Gasteiger partial charge in [0.1, 0.15) is 12.0 Å². The molecule has 1 atom stereocenters. The van der Waals surface area contributed by atoms with Crippen molar-refractivity contribution in [2.45, 2.75) is 24.5 Å². The summed E-state index contributed by atoms with van der Waals surface area (Å²) in [6.07, 6.45) is -0.499. The van der Waals surface area contributed by atoms with Gasteiger partial charge >= 0.3 is 11.8 Å². The first-order valence-corrected chi connectivity index (χ1v) is 10.2. The Morgan fingerprint density at radius 3 is 2.71 bits per heavy atom. The summed E-state index contributed by atoms with van der Waals surface area (Å²) < 4.78 is 50.7. The van der Waals surface area contributed by atoms with Crippen LogP contribution in [0.5, 0.6) is 0 Å². The lowest BCUT2D eigenvalue weighted by atomic mass is 10.2. The van der Waals surface area contributed by atoms with Gasteiger partial charge in [-0.25, -0.2) is 12.8 Å². The highest BCUT2D eigenvalue weighted by Crippen LogP contribution is 2.23. The molecule has 0 bridgehead atoms. The number of amides is 2. The maximum Gasteiger partial charge on any atom is 0.309 e. The van der Waals surface area contributed by atoms with Crippen molar-refractivity contribution in [2.75, 3.05) is 40.0 Å². The summed E-state index contributed by atoms with van der Waals surface area (Å²) in [6, 6.07) is 3.53. The van der Waals surface area contributed by atoms with Crippen molar-refractivity contribution < 1.29 is 31.9 Å². The van der Waals surface area contributed by atoms with Crippen molar-refractivity contribution in [3.8, 4) is 0 Å². The van der Waals surface area contributed by atoms with Crippen LogP contribution >= 0.6 is 0 Å². The van der Waals surface area contributed by atoms with E-state index in [0.717, 1.165) is 10.4 Å². The molecule has 1 aromatic rings. The second-order valence-electron chi connectivity index (χ2n) is 6.16. The summed E-state index contributed by atoms with van der Waals surface area (Å²) in [5.41, 5.74) is 0.205. The Bertz CT molecular complexity index is 817. The number of hydrogen-bond donors (Lipinski definition) is 2. The van der Waals surface area contributed by atoms with Gasteiger partial charge in [0, 0.05) is 20.2 Å². The molecule has 1 aliphatic heterocycles. The van der Waals surface area contributed by atoms with Crippen molar-refractivity contribution in [1.82, 2.24) is 14.9 Å². The van der Waals surface area contributed by atoms with Gasteiger partial charge in [0.15, 0.2) is 0 Å². The van der Waals surface area contributed by atoms with Gasteiger partial charge in [0.25, 0.3) is 0 Å². The number of ether oxygens (including phenoxy) is 2. The van der Waals surface area contributed by atoms with E-state index in [0.29, 0.717) is 13.0 Å². The van der Waals surface area contributed by atoms with Crippen LogP contribution in [-0.4, -0.2) is 70.7 Å². The number of sulfonamides is 1. The lowest BCUT2D eigenvalue weighted by Gasteiger charge is -2.34. The van der Waals surface area contributed by atoms with Crippen LogP contribution in [0.25, 0.3) is 0 Å². The number of nitrogens with one attached hydrogen (secondary N) is 2. The number of methoxy groups -OCH3 is 1. The summed E-state index contributed by atoms with van der Waals surface area (Å²) in [5.74, 6) is -2.26. The SMILES string of the molecule is COCCNC(=O)C(=O)NC[C@H]1OCCCN1S(=O)(=O)c1ccc(F)c(C)c1. The highest BCUT2D eigenvalue weighted by atomic mass is 32.2. The first kappa shape index (κ1) is 22.2. The van der Waals surface area contributed by atoms with Gasteiger partial charge in [-0.15, -0.1) is 0 Å². The van der Waals surface area contributed by atoms with E-state index in [1.54, 1.807) is 0 Å². The Kier molecular flexibility index (Phi) is 7.87. The highest BCUT2D eigenvalue weighted by molar-refractivity contribution is 7.89. The maximum atomic E-state index is 13.5. The van der Waals surface area contributed by atoms with E-state index in [4.69, 9.17) is 9.47 Å². The Labute approximate surface area is 163 Å². The van der Waals surface area contributed by atoms with Gasteiger partial charge in [-0.3, -0.25) is 9.59 Å². The van der Waals surface area contributed by atoms with E-state index in [-0.39, 0.29) is 36.7 Å². The number of hydrogen-bond acceptors (Lipinski definition) is 6. The molecule has 0 spiro atoms. The summed E-state index contributed by atoms with van der Waals surface area (Å²) in [4.78, 5) is 23.5. The Morgan fingerprint density at radius 2 is 2.04 bits per heavy atom. The minimum Gasteiger partial charge on any atom is -0.383 e. The third-order valence-electron chi connectivity index (χ3n) is 4.13.